The Bertz CT molecular complexity index is 866. The SMILES string of the molecule is COc1ccc(CCn2c(C)cc(C(=O)CN3CCC(CO)CC3)c2C)cc1OC. The van der Waals surface area contributed by atoms with Crippen molar-refractivity contribution in [1.82, 2.24) is 9.47 Å². The molecule has 6 nitrogen and oxygen atoms in total. The third kappa shape index (κ3) is 5.05. The lowest BCUT2D eigenvalue weighted by molar-refractivity contribution is 0.0863. The number of likely N-dealkylation sites (tertiary alicyclic amines) is 1. The van der Waals surface area contributed by atoms with Gasteiger partial charge in [-0.3, -0.25) is 9.69 Å². The van der Waals surface area contributed by atoms with Crippen LogP contribution in [0.2, 0.25) is 0 Å². The Morgan fingerprint density at radius 3 is 2.43 bits per heavy atom. The number of hydrogen-bond donors (Lipinski definition) is 1. The second-order valence-corrected chi connectivity index (χ2v) is 8.20. The maximum absolute atomic E-state index is 12.9. The predicted molar refractivity (Wildman–Crippen MR) is 118 cm³/mol. The van der Waals surface area contributed by atoms with Crippen LogP contribution in [0.25, 0.3) is 0 Å². The van der Waals surface area contributed by atoms with Gasteiger partial charge in [0.15, 0.2) is 17.3 Å². The van der Waals surface area contributed by atoms with E-state index >= 15 is 0 Å². The molecule has 1 aliphatic rings. The molecule has 0 unspecified atom stereocenters. The van der Waals surface area contributed by atoms with Crippen LogP contribution in [-0.2, 0) is 13.0 Å². The number of hydrogen-bond acceptors (Lipinski definition) is 5. The molecule has 1 aliphatic heterocycles. The Balaban J connectivity index is 1.64. The highest BCUT2D eigenvalue weighted by molar-refractivity contribution is 5.99. The molecular formula is C24H34N2O4. The number of Topliss-reactive ketones (excluding diaryl/α,β-unsaturated/α-hetero) is 1. The van der Waals surface area contributed by atoms with E-state index in [4.69, 9.17) is 9.47 Å². The molecule has 0 spiro atoms. The fourth-order valence-electron chi connectivity index (χ4n) is 4.32. The van der Waals surface area contributed by atoms with Gasteiger partial charge in [-0.15, -0.1) is 0 Å². The molecule has 0 amide bonds. The van der Waals surface area contributed by atoms with Gasteiger partial charge in [-0.25, -0.2) is 0 Å². The lowest BCUT2D eigenvalue weighted by Crippen LogP contribution is -2.38. The molecule has 3 rings (SSSR count). The minimum Gasteiger partial charge on any atom is -0.493 e. The summed E-state index contributed by atoms with van der Waals surface area (Å²) in [6, 6.07) is 8.01. The second-order valence-electron chi connectivity index (χ2n) is 8.20. The lowest BCUT2D eigenvalue weighted by Gasteiger charge is -2.30. The molecule has 6 heteroatoms. The van der Waals surface area contributed by atoms with E-state index < -0.39 is 0 Å². The number of ether oxygens (including phenoxy) is 2. The quantitative estimate of drug-likeness (QED) is 0.638. The molecule has 164 valence electrons. The number of nitrogens with zero attached hydrogens (tertiary/aromatic N) is 2. The number of methoxy groups -OCH3 is 2. The van der Waals surface area contributed by atoms with Crippen molar-refractivity contribution in [1.29, 1.82) is 0 Å². The summed E-state index contributed by atoms with van der Waals surface area (Å²) in [5, 5.41) is 9.29. The zero-order valence-electron chi connectivity index (χ0n) is 18.6. The molecule has 0 bridgehead atoms. The van der Waals surface area contributed by atoms with Crippen molar-refractivity contribution in [3.05, 3.63) is 46.8 Å². The number of piperidine rings is 1. The molecule has 1 fully saturated rings. The van der Waals surface area contributed by atoms with Gasteiger partial charge >= 0.3 is 0 Å². The number of aliphatic hydroxyl groups excluding tert-OH is 1. The fourth-order valence-corrected chi connectivity index (χ4v) is 4.32. The van der Waals surface area contributed by atoms with Crippen molar-refractivity contribution in [2.75, 3.05) is 40.5 Å². The third-order valence-electron chi connectivity index (χ3n) is 6.28. The Hall–Kier alpha value is -2.31. The van der Waals surface area contributed by atoms with Crippen molar-refractivity contribution in [3.63, 3.8) is 0 Å². The Kier molecular flexibility index (Phi) is 7.56. The van der Waals surface area contributed by atoms with Gasteiger partial charge in [0.2, 0.25) is 0 Å². The van der Waals surface area contributed by atoms with Crippen LogP contribution in [0, 0.1) is 19.8 Å². The number of benzene rings is 1. The van der Waals surface area contributed by atoms with E-state index in [2.05, 4.69) is 22.5 Å². The van der Waals surface area contributed by atoms with Crippen LogP contribution in [-0.4, -0.2) is 60.8 Å². The summed E-state index contributed by atoms with van der Waals surface area (Å²) in [7, 11) is 3.28. The minimum absolute atomic E-state index is 0.183. The summed E-state index contributed by atoms with van der Waals surface area (Å²) in [4.78, 5) is 15.2. The van der Waals surface area contributed by atoms with Crippen LogP contribution in [0.5, 0.6) is 11.5 Å². The lowest BCUT2D eigenvalue weighted by atomic mass is 9.97. The molecule has 0 saturated carbocycles. The van der Waals surface area contributed by atoms with E-state index in [1.807, 2.05) is 25.1 Å². The van der Waals surface area contributed by atoms with E-state index in [-0.39, 0.29) is 12.4 Å². The summed E-state index contributed by atoms with van der Waals surface area (Å²) >= 11 is 0. The second kappa shape index (κ2) is 10.1. The highest BCUT2D eigenvalue weighted by Crippen LogP contribution is 2.28. The molecule has 2 aromatic rings. The normalized spacial score (nSPS) is 15.4. The van der Waals surface area contributed by atoms with Crippen molar-refractivity contribution >= 4 is 5.78 Å². The molecule has 1 saturated heterocycles. The average Bonchev–Trinajstić information content (AvgIpc) is 3.06. The van der Waals surface area contributed by atoms with Crippen LogP contribution in [0.3, 0.4) is 0 Å². The van der Waals surface area contributed by atoms with Gasteiger partial charge in [0.1, 0.15) is 0 Å². The summed E-state index contributed by atoms with van der Waals surface area (Å²) in [5.41, 5.74) is 4.13. The van der Waals surface area contributed by atoms with Crippen LogP contribution in [0.15, 0.2) is 24.3 Å². The smallest absolute Gasteiger partial charge is 0.178 e. The van der Waals surface area contributed by atoms with Crippen LogP contribution < -0.4 is 9.47 Å². The van der Waals surface area contributed by atoms with Crippen molar-refractivity contribution in [3.8, 4) is 11.5 Å². The first-order valence-corrected chi connectivity index (χ1v) is 10.7. The largest absolute Gasteiger partial charge is 0.493 e. The monoisotopic (exact) mass is 414 g/mol. The first-order valence-electron chi connectivity index (χ1n) is 10.7. The van der Waals surface area contributed by atoms with E-state index in [1.54, 1.807) is 14.2 Å². The zero-order valence-corrected chi connectivity index (χ0v) is 18.6. The van der Waals surface area contributed by atoms with Crippen LogP contribution >= 0.6 is 0 Å². The first-order chi connectivity index (χ1) is 14.5. The highest BCUT2D eigenvalue weighted by Gasteiger charge is 2.23. The van der Waals surface area contributed by atoms with Gasteiger partial charge in [0.05, 0.1) is 20.8 Å². The van der Waals surface area contributed by atoms with Crippen molar-refractivity contribution in [2.24, 2.45) is 5.92 Å². The van der Waals surface area contributed by atoms with Gasteiger partial charge in [-0.1, -0.05) is 6.07 Å². The van der Waals surface area contributed by atoms with E-state index in [0.29, 0.717) is 12.5 Å². The number of aromatic nitrogens is 1. The average molecular weight is 415 g/mol. The van der Waals surface area contributed by atoms with Crippen molar-refractivity contribution < 1.29 is 19.4 Å². The topological polar surface area (TPSA) is 63.9 Å². The van der Waals surface area contributed by atoms with Gasteiger partial charge in [0.25, 0.3) is 0 Å². The van der Waals surface area contributed by atoms with Gasteiger partial charge in [-0.2, -0.15) is 0 Å². The summed E-state index contributed by atoms with van der Waals surface area (Å²) < 4.78 is 12.9. The minimum atomic E-state index is 0.183. The molecule has 30 heavy (non-hydrogen) atoms. The Morgan fingerprint density at radius 2 is 1.80 bits per heavy atom. The summed E-state index contributed by atoms with van der Waals surface area (Å²) in [6.07, 6.45) is 2.78. The molecule has 1 aromatic heterocycles. The molecule has 2 heterocycles. The van der Waals surface area contributed by atoms with Gasteiger partial charge in [-0.05, 0) is 75.9 Å². The van der Waals surface area contributed by atoms with E-state index in [0.717, 1.165) is 67.3 Å². The van der Waals surface area contributed by atoms with Gasteiger partial charge in [0, 0.05) is 30.1 Å². The van der Waals surface area contributed by atoms with E-state index in [1.165, 1.54) is 5.56 Å². The van der Waals surface area contributed by atoms with Crippen LogP contribution in [0.1, 0.15) is 40.2 Å². The van der Waals surface area contributed by atoms with Gasteiger partial charge < -0.3 is 19.1 Å². The first kappa shape index (κ1) is 22.4. The number of carbonyl (C=O) groups is 1. The maximum Gasteiger partial charge on any atom is 0.178 e. The molecule has 0 aliphatic carbocycles. The zero-order chi connectivity index (χ0) is 21.7. The molecule has 1 aromatic carbocycles. The third-order valence-corrected chi connectivity index (χ3v) is 6.28. The molecule has 1 N–H and O–H groups in total. The number of rotatable bonds is 9. The number of aryl methyl sites for hydroxylation is 2. The Labute approximate surface area is 179 Å². The summed E-state index contributed by atoms with van der Waals surface area (Å²) in [6.45, 7) is 7.38. The number of ketones is 1. The van der Waals surface area contributed by atoms with E-state index in [9.17, 15) is 9.90 Å². The number of aliphatic hydroxyl groups is 1. The standard InChI is InChI=1S/C24H34N2O4/c1-17-13-21(22(28)15-25-10-7-20(16-27)8-11-25)18(2)26(17)12-9-19-5-6-23(29-3)24(14-19)30-4/h5-6,13-14,20,27H,7-12,15-16H2,1-4H3. The fraction of sp³-hybridized carbons (Fsp3) is 0.542. The van der Waals surface area contributed by atoms with Crippen LogP contribution in [0.4, 0.5) is 0 Å². The molecule has 0 atom stereocenters. The Morgan fingerprint density at radius 1 is 1.10 bits per heavy atom. The van der Waals surface area contributed by atoms with Crippen molar-refractivity contribution in [2.45, 2.75) is 39.7 Å². The highest BCUT2D eigenvalue weighted by atomic mass is 16.5. The predicted octanol–water partition coefficient (Wildman–Crippen LogP) is 3.25. The summed E-state index contributed by atoms with van der Waals surface area (Å²) in [5.74, 6) is 2.03. The molecule has 0 radical (unpaired) electrons. The number of carbonyl (C=O) groups excluding carboxylic acids is 1. The maximum atomic E-state index is 12.9. The molecular weight excluding hydrogens is 380 g/mol.